The Morgan fingerprint density at radius 1 is 1.15 bits per heavy atom. The molecule has 0 unspecified atom stereocenters. The Bertz CT molecular complexity index is 654. The van der Waals surface area contributed by atoms with E-state index in [4.69, 9.17) is 4.74 Å². The predicted molar refractivity (Wildman–Crippen MR) is 80.4 cm³/mol. The third-order valence-electron chi connectivity index (χ3n) is 2.87. The van der Waals surface area contributed by atoms with Gasteiger partial charge in [-0.25, -0.2) is 4.79 Å². The molecular weight excluding hydrogens is 320 g/mol. The second-order valence-corrected chi connectivity index (χ2v) is 5.42. The van der Waals surface area contributed by atoms with Crippen LogP contribution in [0, 0.1) is 13.8 Å². The van der Waals surface area contributed by atoms with Crippen LogP contribution >= 0.6 is 15.9 Å². The highest BCUT2D eigenvalue weighted by Crippen LogP contribution is 2.25. The van der Waals surface area contributed by atoms with E-state index in [0.29, 0.717) is 16.9 Å². The molecular formula is C16H13BrO3. The van der Waals surface area contributed by atoms with Crippen LogP contribution in [0.4, 0.5) is 0 Å². The molecule has 20 heavy (non-hydrogen) atoms. The van der Waals surface area contributed by atoms with Crippen molar-refractivity contribution in [3.63, 3.8) is 0 Å². The second kappa shape index (κ2) is 6.01. The number of carbonyl (C=O) groups is 2. The topological polar surface area (TPSA) is 43.4 Å². The molecule has 2 rings (SSSR count). The van der Waals surface area contributed by atoms with Crippen molar-refractivity contribution in [2.45, 2.75) is 13.8 Å². The van der Waals surface area contributed by atoms with Gasteiger partial charge in [0, 0.05) is 10.0 Å². The summed E-state index contributed by atoms with van der Waals surface area (Å²) < 4.78 is 6.26. The molecule has 0 saturated carbocycles. The summed E-state index contributed by atoms with van der Waals surface area (Å²) in [5.41, 5.74) is 2.56. The van der Waals surface area contributed by atoms with Crippen molar-refractivity contribution < 1.29 is 14.3 Å². The summed E-state index contributed by atoms with van der Waals surface area (Å²) in [6.07, 6.45) is 0.778. The summed E-state index contributed by atoms with van der Waals surface area (Å²) in [6.45, 7) is 3.62. The van der Waals surface area contributed by atoms with E-state index in [-0.39, 0.29) is 0 Å². The predicted octanol–water partition coefficient (Wildman–Crippen LogP) is 4.10. The lowest BCUT2D eigenvalue weighted by molar-refractivity contribution is 0.0732. The molecule has 2 aromatic carbocycles. The zero-order valence-corrected chi connectivity index (χ0v) is 12.7. The van der Waals surface area contributed by atoms with Crippen molar-refractivity contribution in [2.24, 2.45) is 0 Å². The van der Waals surface area contributed by atoms with Gasteiger partial charge >= 0.3 is 5.97 Å². The SMILES string of the molecule is Cc1cc(C=O)cc(C)c1OC(=O)c1cccc(Br)c1. The average molecular weight is 333 g/mol. The van der Waals surface area contributed by atoms with Crippen LogP contribution in [0.5, 0.6) is 5.75 Å². The minimum atomic E-state index is -0.420. The lowest BCUT2D eigenvalue weighted by Crippen LogP contribution is -2.10. The maximum Gasteiger partial charge on any atom is 0.343 e. The van der Waals surface area contributed by atoms with Gasteiger partial charge in [-0.05, 0) is 55.3 Å². The molecule has 0 aromatic heterocycles. The molecule has 0 aliphatic rings. The quantitative estimate of drug-likeness (QED) is 0.483. The highest BCUT2D eigenvalue weighted by atomic mass is 79.9. The van der Waals surface area contributed by atoms with E-state index in [1.165, 1.54) is 0 Å². The van der Waals surface area contributed by atoms with Crippen molar-refractivity contribution in [1.82, 2.24) is 0 Å². The van der Waals surface area contributed by atoms with Crippen LogP contribution in [0.2, 0.25) is 0 Å². The van der Waals surface area contributed by atoms with E-state index in [1.807, 2.05) is 19.9 Å². The van der Waals surface area contributed by atoms with Gasteiger partial charge in [0.05, 0.1) is 5.56 Å². The summed E-state index contributed by atoms with van der Waals surface area (Å²) in [5.74, 6) is 0.0805. The van der Waals surface area contributed by atoms with Crippen LogP contribution in [-0.4, -0.2) is 12.3 Å². The molecule has 0 saturated heterocycles. The molecule has 0 aliphatic heterocycles. The first-order chi connectivity index (χ1) is 9.51. The number of benzene rings is 2. The number of aryl methyl sites for hydroxylation is 2. The van der Waals surface area contributed by atoms with Crippen LogP contribution in [0.15, 0.2) is 40.9 Å². The number of carbonyl (C=O) groups excluding carboxylic acids is 2. The molecule has 0 spiro atoms. The third-order valence-corrected chi connectivity index (χ3v) is 3.37. The van der Waals surface area contributed by atoms with Gasteiger partial charge in [-0.15, -0.1) is 0 Å². The highest BCUT2D eigenvalue weighted by Gasteiger charge is 2.13. The Labute approximate surface area is 125 Å². The fourth-order valence-electron chi connectivity index (χ4n) is 1.98. The van der Waals surface area contributed by atoms with Gasteiger partial charge in [0.25, 0.3) is 0 Å². The zero-order chi connectivity index (χ0) is 14.7. The summed E-state index contributed by atoms with van der Waals surface area (Å²) in [5, 5.41) is 0. The number of rotatable bonds is 3. The smallest absolute Gasteiger partial charge is 0.343 e. The zero-order valence-electron chi connectivity index (χ0n) is 11.1. The summed E-state index contributed by atoms with van der Waals surface area (Å²) >= 11 is 3.32. The molecule has 0 atom stereocenters. The first-order valence-electron chi connectivity index (χ1n) is 6.05. The Morgan fingerprint density at radius 2 is 1.80 bits per heavy atom. The van der Waals surface area contributed by atoms with E-state index in [9.17, 15) is 9.59 Å². The van der Waals surface area contributed by atoms with E-state index >= 15 is 0 Å². The first kappa shape index (κ1) is 14.5. The third kappa shape index (κ3) is 3.14. The molecule has 0 amide bonds. The summed E-state index contributed by atoms with van der Waals surface area (Å²) in [6, 6.07) is 10.4. The molecule has 0 radical (unpaired) electrons. The van der Waals surface area contributed by atoms with Crippen LogP contribution in [0.3, 0.4) is 0 Å². The maximum absolute atomic E-state index is 12.1. The Morgan fingerprint density at radius 3 is 2.35 bits per heavy atom. The lowest BCUT2D eigenvalue weighted by atomic mass is 10.1. The van der Waals surface area contributed by atoms with Gasteiger partial charge in [0.2, 0.25) is 0 Å². The van der Waals surface area contributed by atoms with Crippen LogP contribution in [-0.2, 0) is 0 Å². The summed E-state index contributed by atoms with van der Waals surface area (Å²) in [7, 11) is 0. The monoisotopic (exact) mass is 332 g/mol. The van der Waals surface area contributed by atoms with Gasteiger partial charge in [-0.1, -0.05) is 22.0 Å². The molecule has 4 heteroatoms. The van der Waals surface area contributed by atoms with E-state index in [0.717, 1.165) is 21.9 Å². The number of hydrogen-bond donors (Lipinski definition) is 0. The number of aldehydes is 1. The first-order valence-corrected chi connectivity index (χ1v) is 6.84. The van der Waals surface area contributed by atoms with Crippen LogP contribution < -0.4 is 4.74 Å². The van der Waals surface area contributed by atoms with Crippen molar-refractivity contribution in [3.05, 3.63) is 63.1 Å². The Balaban J connectivity index is 2.30. The van der Waals surface area contributed by atoms with Gasteiger partial charge in [-0.3, -0.25) is 4.79 Å². The highest BCUT2D eigenvalue weighted by molar-refractivity contribution is 9.10. The van der Waals surface area contributed by atoms with Crippen LogP contribution in [0.25, 0.3) is 0 Å². The number of hydrogen-bond acceptors (Lipinski definition) is 3. The van der Waals surface area contributed by atoms with E-state index in [2.05, 4.69) is 15.9 Å². The molecule has 2 aromatic rings. The second-order valence-electron chi connectivity index (χ2n) is 4.50. The summed E-state index contributed by atoms with van der Waals surface area (Å²) in [4.78, 5) is 22.9. The minimum absolute atomic E-state index is 0.420. The van der Waals surface area contributed by atoms with Crippen molar-refractivity contribution in [1.29, 1.82) is 0 Å². The van der Waals surface area contributed by atoms with Crippen LogP contribution in [0.1, 0.15) is 31.8 Å². The fourth-order valence-corrected chi connectivity index (χ4v) is 2.38. The minimum Gasteiger partial charge on any atom is -0.422 e. The number of halogens is 1. The van der Waals surface area contributed by atoms with Crippen molar-refractivity contribution in [3.8, 4) is 5.75 Å². The number of esters is 1. The molecule has 0 bridgehead atoms. The average Bonchev–Trinajstić information content (AvgIpc) is 2.42. The molecule has 102 valence electrons. The largest absolute Gasteiger partial charge is 0.422 e. The van der Waals surface area contributed by atoms with E-state index in [1.54, 1.807) is 30.3 Å². The Kier molecular flexibility index (Phi) is 4.35. The molecule has 0 N–H and O–H groups in total. The Hall–Kier alpha value is -1.94. The standard InChI is InChI=1S/C16H13BrO3/c1-10-6-12(9-18)7-11(2)15(10)20-16(19)13-4-3-5-14(17)8-13/h3-9H,1-2H3. The van der Waals surface area contributed by atoms with Gasteiger partial charge in [-0.2, -0.15) is 0 Å². The molecule has 0 aliphatic carbocycles. The van der Waals surface area contributed by atoms with E-state index < -0.39 is 5.97 Å². The molecule has 0 heterocycles. The fraction of sp³-hybridized carbons (Fsp3) is 0.125. The molecule has 3 nitrogen and oxygen atoms in total. The lowest BCUT2D eigenvalue weighted by Gasteiger charge is -2.11. The molecule has 0 fully saturated rings. The van der Waals surface area contributed by atoms with Gasteiger partial charge < -0.3 is 4.74 Å². The van der Waals surface area contributed by atoms with Gasteiger partial charge in [0.15, 0.2) is 0 Å². The van der Waals surface area contributed by atoms with Crippen molar-refractivity contribution in [2.75, 3.05) is 0 Å². The normalized spacial score (nSPS) is 10.2. The van der Waals surface area contributed by atoms with Crippen molar-refractivity contribution >= 4 is 28.2 Å². The van der Waals surface area contributed by atoms with Gasteiger partial charge in [0.1, 0.15) is 12.0 Å². The maximum atomic E-state index is 12.1. The number of ether oxygens (including phenoxy) is 1.